The first-order chi connectivity index (χ1) is 16.0. The van der Waals surface area contributed by atoms with Crippen LogP contribution in [0, 0.1) is 0 Å². The molecule has 2 fully saturated rings. The molecule has 34 heavy (non-hydrogen) atoms. The van der Waals surface area contributed by atoms with Gasteiger partial charge >= 0.3 is 5.97 Å². The van der Waals surface area contributed by atoms with Crippen LogP contribution in [0.15, 0.2) is 24.3 Å². The Morgan fingerprint density at radius 3 is 2.21 bits per heavy atom. The minimum absolute atomic E-state index is 0.342. The van der Waals surface area contributed by atoms with E-state index in [0.717, 1.165) is 6.08 Å². The van der Waals surface area contributed by atoms with Gasteiger partial charge < -0.3 is 59.8 Å². The molecule has 2 aliphatic heterocycles. The van der Waals surface area contributed by atoms with Gasteiger partial charge in [0.1, 0.15) is 42.7 Å². The van der Waals surface area contributed by atoms with Gasteiger partial charge in [-0.25, -0.2) is 4.79 Å². The van der Waals surface area contributed by atoms with E-state index in [1.807, 2.05) is 0 Å². The third-order valence-corrected chi connectivity index (χ3v) is 5.55. The van der Waals surface area contributed by atoms with Gasteiger partial charge in [0.2, 0.25) is 6.29 Å². The summed E-state index contributed by atoms with van der Waals surface area (Å²) in [5, 5.41) is 78.8. The zero-order valence-electron chi connectivity index (χ0n) is 18.0. The molecule has 3 rings (SSSR count). The Bertz CT molecular complexity index is 876. The van der Waals surface area contributed by atoms with E-state index in [9.17, 15) is 45.6 Å². The summed E-state index contributed by atoms with van der Waals surface area (Å²) >= 11 is 0. The summed E-state index contributed by atoms with van der Waals surface area (Å²) in [6.45, 7) is 0.948. The minimum Gasteiger partial charge on any atom is -0.504 e. The number of carbonyl (C=O) groups is 1. The van der Waals surface area contributed by atoms with Crippen LogP contribution in [0.1, 0.15) is 12.5 Å². The molecule has 0 spiro atoms. The molecule has 13 nitrogen and oxygen atoms in total. The van der Waals surface area contributed by atoms with Crippen molar-refractivity contribution >= 4 is 12.0 Å². The van der Waals surface area contributed by atoms with Crippen LogP contribution >= 0.6 is 0 Å². The van der Waals surface area contributed by atoms with Crippen molar-refractivity contribution in [1.82, 2.24) is 0 Å². The van der Waals surface area contributed by atoms with Crippen molar-refractivity contribution in [3.05, 3.63) is 29.8 Å². The van der Waals surface area contributed by atoms with Crippen molar-refractivity contribution in [3.8, 4) is 11.5 Å². The predicted octanol–water partition coefficient (Wildman–Crippen LogP) is -2.69. The molecule has 13 heteroatoms. The van der Waals surface area contributed by atoms with E-state index in [2.05, 4.69) is 0 Å². The number of benzene rings is 1. The number of hydrogen-bond donors (Lipinski definition) is 8. The zero-order chi connectivity index (χ0) is 25.2. The molecule has 1 aromatic carbocycles. The van der Waals surface area contributed by atoms with Gasteiger partial charge in [-0.1, -0.05) is 6.07 Å². The summed E-state index contributed by atoms with van der Waals surface area (Å²) < 4.78 is 21.0. The maximum Gasteiger partial charge on any atom is 0.333 e. The number of aliphatic hydroxyl groups is 6. The fourth-order valence-corrected chi connectivity index (χ4v) is 3.45. The molecule has 10 atom stereocenters. The Kier molecular flexibility index (Phi) is 8.46. The fraction of sp³-hybridized carbons (Fsp3) is 0.571. The lowest BCUT2D eigenvalue weighted by Crippen LogP contribution is -2.61. The molecule has 0 aromatic heterocycles. The molecule has 190 valence electrons. The first-order valence-electron chi connectivity index (χ1n) is 10.4. The molecule has 0 bridgehead atoms. The van der Waals surface area contributed by atoms with Crippen LogP contribution in [0.25, 0.3) is 6.08 Å². The van der Waals surface area contributed by atoms with Gasteiger partial charge in [-0.3, -0.25) is 0 Å². The van der Waals surface area contributed by atoms with Crippen molar-refractivity contribution in [2.24, 2.45) is 0 Å². The highest BCUT2D eigenvalue weighted by atomic mass is 16.7. The quantitative estimate of drug-likeness (QED) is 0.116. The van der Waals surface area contributed by atoms with Crippen LogP contribution in [0.3, 0.4) is 0 Å². The highest BCUT2D eigenvalue weighted by molar-refractivity contribution is 5.87. The lowest BCUT2D eigenvalue weighted by atomic mass is 9.98. The van der Waals surface area contributed by atoms with Gasteiger partial charge in [-0.05, 0) is 30.7 Å². The minimum atomic E-state index is -1.80. The molecule has 8 N–H and O–H groups in total. The second-order valence-electron chi connectivity index (χ2n) is 8.05. The third-order valence-electron chi connectivity index (χ3n) is 5.55. The van der Waals surface area contributed by atoms with Gasteiger partial charge in [-0.2, -0.15) is 0 Å². The first kappa shape index (κ1) is 26.3. The summed E-state index contributed by atoms with van der Waals surface area (Å²) in [6.07, 6.45) is -12.8. The van der Waals surface area contributed by atoms with Gasteiger partial charge in [0, 0.05) is 6.08 Å². The van der Waals surface area contributed by atoms with Gasteiger partial charge in [0.05, 0.1) is 12.7 Å². The molecule has 0 unspecified atom stereocenters. The van der Waals surface area contributed by atoms with Gasteiger partial charge in [0.25, 0.3) is 0 Å². The van der Waals surface area contributed by atoms with Gasteiger partial charge in [-0.15, -0.1) is 0 Å². The van der Waals surface area contributed by atoms with Crippen LogP contribution in [0.4, 0.5) is 0 Å². The summed E-state index contributed by atoms with van der Waals surface area (Å²) in [5.41, 5.74) is 0.353. The number of phenols is 2. The molecule has 1 aromatic rings. The van der Waals surface area contributed by atoms with Crippen LogP contribution in [-0.2, 0) is 23.7 Å². The van der Waals surface area contributed by atoms with E-state index in [1.165, 1.54) is 31.2 Å². The van der Waals surface area contributed by atoms with E-state index in [4.69, 9.17) is 18.9 Å². The van der Waals surface area contributed by atoms with E-state index in [1.54, 1.807) is 0 Å². The largest absolute Gasteiger partial charge is 0.504 e. The van der Waals surface area contributed by atoms with Crippen LogP contribution < -0.4 is 0 Å². The van der Waals surface area contributed by atoms with Crippen molar-refractivity contribution in [1.29, 1.82) is 0 Å². The summed E-state index contributed by atoms with van der Waals surface area (Å²) in [5.74, 6) is -1.73. The number of aliphatic hydroxyl groups excluding tert-OH is 6. The smallest absolute Gasteiger partial charge is 0.333 e. The Morgan fingerprint density at radius 2 is 1.53 bits per heavy atom. The van der Waals surface area contributed by atoms with E-state index < -0.39 is 79.7 Å². The average Bonchev–Trinajstić information content (AvgIpc) is 2.81. The van der Waals surface area contributed by atoms with Crippen molar-refractivity contribution in [2.45, 2.75) is 68.3 Å². The molecule has 0 amide bonds. The number of ether oxygens (including phenoxy) is 4. The standard InChI is InChI=1S/C21H28O13/c1-8-14(25)16(27)18(29)20(32-8)31-7-12-15(26)17(28)19(30)21(33-12)34-13(24)5-3-9-2-4-10(22)11(23)6-9/h2-6,8,12,14-23,25-30H,7H2,1H3/t8-,12+,14+,15-,16-,17+,18-,19-,20-,21+/m1/s1. The molecule has 2 heterocycles. The second-order valence-corrected chi connectivity index (χ2v) is 8.05. The Morgan fingerprint density at radius 1 is 0.882 bits per heavy atom. The van der Waals surface area contributed by atoms with E-state index in [0.29, 0.717) is 5.56 Å². The average molecular weight is 488 g/mol. The Balaban J connectivity index is 1.60. The lowest BCUT2D eigenvalue weighted by molar-refractivity contribution is -0.323. The SMILES string of the molecule is C[C@H]1O[C@@H](OC[C@@H]2O[C@@H](OC(=O)C=Cc3ccc(O)c(O)c3)[C@H](O)[C@@H](O)[C@@H]2O)[C@H](O)[C@H](O)[C@H]1O. The number of rotatable bonds is 6. The topological polar surface area (TPSA) is 216 Å². The molecule has 0 saturated carbocycles. The molecular formula is C21H28O13. The Hall–Kier alpha value is -2.33. The summed E-state index contributed by atoms with van der Waals surface area (Å²) in [7, 11) is 0. The number of carbonyl (C=O) groups excluding carboxylic acids is 1. The van der Waals surface area contributed by atoms with E-state index >= 15 is 0 Å². The highest BCUT2D eigenvalue weighted by Gasteiger charge is 2.47. The summed E-state index contributed by atoms with van der Waals surface area (Å²) in [4.78, 5) is 12.1. The summed E-state index contributed by atoms with van der Waals surface area (Å²) in [6, 6.07) is 3.82. The molecule has 0 aliphatic carbocycles. The third kappa shape index (κ3) is 5.83. The number of esters is 1. The fourth-order valence-electron chi connectivity index (χ4n) is 3.45. The van der Waals surface area contributed by atoms with Crippen LogP contribution in [0.5, 0.6) is 11.5 Å². The number of phenolic OH excluding ortho intramolecular Hbond substituents is 2. The normalized spacial score (nSPS) is 38.7. The lowest BCUT2D eigenvalue weighted by Gasteiger charge is -2.42. The molecule has 0 radical (unpaired) electrons. The maximum atomic E-state index is 12.1. The molecule has 2 saturated heterocycles. The highest BCUT2D eigenvalue weighted by Crippen LogP contribution is 2.27. The number of hydrogen-bond acceptors (Lipinski definition) is 13. The monoisotopic (exact) mass is 488 g/mol. The zero-order valence-corrected chi connectivity index (χ0v) is 18.0. The van der Waals surface area contributed by atoms with Crippen molar-refractivity contribution in [3.63, 3.8) is 0 Å². The van der Waals surface area contributed by atoms with Crippen molar-refractivity contribution < 1.29 is 64.6 Å². The molecule has 2 aliphatic rings. The molecular weight excluding hydrogens is 460 g/mol. The number of aromatic hydroxyl groups is 2. The van der Waals surface area contributed by atoms with Crippen LogP contribution in [0.2, 0.25) is 0 Å². The first-order valence-corrected chi connectivity index (χ1v) is 10.4. The van der Waals surface area contributed by atoms with Crippen LogP contribution in [-0.4, -0.2) is 115 Å². The van der Waals surface area contributed by atoms with E-state index in [-0.39, 0.29) is 5.75 Å². The second kappa shape index (κ2) is 10.9. The Labute approximate surface area is 193 Å². The van der Waals surface area contributed by atoms with Crippen molar-refractivity contribution in [2.75, 3.05) is 6.61 Å². The van der Waals surface area contributed by atoms with Gasteiger partial charge in [0.15, 0.2) is 17.8 Å². The predicted molar refractivity (Wildman–Crippen MR) is 110 cm³/mol. The maximum absolute atomic E-state index is 12.1.